The Morgan fingerprint density at radius 1 is 1.12 bits per heavy atom. The molecule has 3 N–H and O–H groups in total. The maximum absolute atomic E-state index is 12.4. The van der Waals surface area contributed by atoms with Crippen LogP contribution in [-0.4, -0.2) is 57.8 Å². The van der Waals surface area contributed by atoms with Gasteiger partial charge in [0.15, 0.2) is 0 Å². The second kappa shape index (κ2) is 11.0. The van der Waals surface area contributed by atoms with Gasteiger partial charge in [0.05, 0.1) is 11.4 Å². The molecule has 0 saturated carbocycles. The summed E-state index contributed by atoms with van der Waals surface area (Å²) in [6.45, 7) is 4.93. The topological polar surface area (TPSA) is 108 Å². The molecule has 0 atom stereocenters. The van der Waals surface area contributed by atoms with E-state index in [4.69, 9.17) is 0 Å². The van der Waals surface area contributed by atoms with E-state index < -0.39 is 10.0 Å². The van der Waals surface area contributed by atoms with Crippen molar-refractivity contribution >= 4 is 39.9 Å². The van der Waals surface area contributed by atoms with E-state index in [2.05, 4.69) is 16.0 Å². The van der Waals surface area contributed by atoms with Crippen LogP contribution >= 0.6 is 12.4 Å². The van der Waals surface area contributed by atoms with E-state index in [1.165, 1.54) is 38.2 Å². The van der Waals surface area contributed by atoms with Gasteiger partial charge in [-0.25, -0.2) is 8.42 Å². The van der Waals surface area contributed by atoms with Gasteiger partial charge in [-0.05, 0) is 30.8 Å². The number of nitrogens with one attached hydrogen (secondary N) is 3. The van der Waals surface area contributed by atoms with Crippen molar-refractivity contribution in [3.05, 3.63) is 24.3 Å². The lowest BCUT2D eigenvalue weighted by molar-refractivity contribution is -0.121. The Morgan fingerprint density at radius 3 is 2.24 bits per heavy atom. The molecule has 142 valence electrons. The molecule has 0 aliphatic carbocycles. The van der Waals surface area contributed by atoms with Crippen molar-refractivity contribution in [1.82, 2.24) is 14.9 Å². The highest BCUT2D eigenvalue weighted by Gasteiger charge is 2.22. The van der Waals surface area contributed by atoms with Crippen molar-refractivity contribution in [2.75, 3.05) is 38.5 Å². The molecule has 1 aromatic carbocycles. The fraction of sp³-hybridized carbons (Fsp3) is 0.467. The first-order valence-electron chi connectivity index (χ1n) is 7.58. The number of amides is 2. The molecule has 0 radical (unpaired) electrons. The molecular formula is C15H25ClN4O4S. The number of sulfonamides is 1. The van der Waals surface area contributed by atoms with Crippen LogP contribution in [0.4, 0.5) is 5.69 Å². The summed E-state index contributed by atoms with van der Waals surface area (Å²) in [4.78, 5) is 22.8. The van der Waals surface area contributed by atoms with Gasteiger partial charge in [-0.2, -0.15) is 4.31 Å². The van der Waals surface area contributed by atoms with Crippen molar-refractivity contribution in [1.29, 1.82) is 0 Å². The highest BCUT2D eigenvalue weighted by Crippen LogP contribution is 2.17. The fourth-order valence-electron chi connectivity index (χ4n) is 1.90. The molecule has 1 rings (SSSR count). The molecule has 1 aromatic rings. The molecule has 0 bridgehead atoms. The lowest BCUT2D eigenvalue weighted by Crippen LogP contribution is -2.40. The van der Waals surface area contributed by atoms with Crippen molar-refractivity contribution in [3.8, 4) is 0 Å². The first kappa shape index (κ1) is 23.3. The average Bonchev–Trinajstić information content (AvgIpc) is 2.51. The summed E-state index contributed by atoms with van der Waals surface area (Å²) >= 11 is 0. The minimum Gasteiger partial charge on any atom is -0.354 e. The smallest absolute Gasteiger partial charge is 0.243 e. The SMILES string of the molecule is CCNCCNC(=O)CN(C)S(=O)(=O)c1ccc(NC(C)=O)cc1.Cl. The summed E-state index contributed by atoms with van der Waals surface area (Å²) in [6, 6.07) is 5.78. The number of hydrogen-bond acceptors (Lipinski definition) is 5. The predicted octanol–water partition coefficient (Wildman–Crippen LogP) is 0.413. The zero-order valence-electron chi connectivity index (χ0n) is 14.5. The Hall–Kier alpha value is -1.68. The van der Waals surface area contributed by atoms with Crippen molar-refractivity contribution in [2.45, 2.75) is 18.7 Å². The summed E-state index contributed by atoms with van der Waals surface area (Å²) in [6.07, 6.45) is 0. The summed E-state index contributed by atoms with van der Waals surface area (Å²) in [5.41, 5.74) is 0.505. The largest absolute Gasteiger partial charge is 0.354 e. The number of rotatable bonds is 9. The lowest BCUT2D eigenvalue weighted by atomic mass is 10.3. The monoisotopic (exact) mass is 392 g/mol. The standard InChI is InChI=1S/C15H24N4O4S.ClH/c1-4-16-9-10-17-15(21)11-19(3)24(22,23)14-7-5-13(6-8-14)18-12(2)20;/h5-8,16H,4,9-11H2,1-3H3,(H,17,21)(H,18,20);1H. The van der Waals surface area contributed by atoms with Gasteiger partial charge in [-0.3, -0.25) is 9.59 Å². The van der Waals surface area contributed by atoms with Crippen molar-refractivity contribution in [3.63, 3.8) is 0 Å². The Morgan fingerprint density at radius 2 is 1.72 bits per heavy atom. The molecule has 0 saturated heterocycles. The lowest BCUT2D eigenvalue weighted by Gasteiger charge is -2.17. The Balaban J connectivity index is 0.00000576. The quantitative estimate of drug-likeness (QED) is 0.528. The van der Waals surface area contributed by atoms with Crippen LogP contribution in [0.15, 0.2) is 29.2 Å². The van der Waals surface area contributed by atoms with E-state index >= 15 is 0 Å². The van der Waals surface area contributed by atoms with Crippen molar-refractivity contribution in [2.24, 2.45) is 0 Å². The van der Waals surface area contributed by atoms with Gasteiger partial charge in [-0.1, -0.05) is 6.92 Å². The zero-order chi connectivity index (χ0) is 18.2. The number of benzene rings is 1. The molecular weight excluding hydrogens is 368 g/mol. The van der Waals surface area contributed by atoms with Crippen LogP contribution in [0.25, 0.3) is 0 Å². The first-order chi connectivity index (χ1) is 11.3. The molecule has 0 aliphatic rings. The molecule has 0 heterocycles. The van der Waals surface area contributed by atoms with Gasteiger partial charge in [-0.15, -0.1) is 12.4 Å². The molecule has 25 heavy (non-hydrogen) atoms. The minimum absolute atomic E-state index is 0. The maximum Gasteiger partial charge on any atom is 0.243 e. The van der Waals surface area contributed by atoms with Gasteiger partial charge < -0.3 is 16.0 Å². The van der Waals surface area contributed by atoms with E-state index in [9.17, 15) is 18.0 Å². The van der Waals surface area contributed by atoms with Crippen LogP contribution in [0, 0.1) is 0 Å². The summed E-state index contributed by atoms with van der Waals surface area (Å²) in [7, 11) is -2.42. The fourth-order valence-corrected chi connectivity index (χ4v) is 3.03. The van der Waals surface area contributed by atoms with Crippen LogP contribution in [0.5, 0.6) is 0 Å². The number of carbonyl (C=O) groups is 2. The normalized spacial score (nSPS) is 10.9. The molecule has 10 heteroatoms. The van der Waals surface area contributed by atoms with E-state index in [-0.39, 0.29) is 35.7 Å². The van der Waals surface area contributed by atoms with Gasteiger partial charge >= 0.3 is 0 Å². The molecule has 8 nitrogen and oxygen atoms in total. The third kappa shape index (κ3) is 7.82. The van der Waals surface area contributed by atoms with Crippen LogP contribution in [-0.2, 0) is 19.6 Å². The number of nitrogens with zero attached hydrogens (tertiary/aromatic N) is 1. The van der Waals surface area contributed by atoms with Crippen LogP contribution in [0.3, 0.4) is 0 Å². The van der Waals surface area contributed by atoms with E-state index in [1.807, 2.05) is 6.92 Å². The summed E-state index contributed by atoms with van der Waals surface area (Å²) in [5.74, 6) is -0.606. The van der Waals surface area contributed by atoms with Crippen molar-refractivity contribution < 1.29 is 18.0 Å². The Labute approximate surface area is 154 Å². The Kier molecular flexibility index (Phi) is 10.3. The predicted molar refractivity (Wildman–Crippen MR) is 99.4 cm³/mol. The highest BCUT2D eigenvalue weighted by molar-refractivity contribution is 7.89. The van der Waals surface area contributed by atoms with Crippen LogP contribution < -0.4 is 16.0 Å². The molecule has 0 fully saturated rings. The molecule has 0 unspecified atom stereocenters. The number of anilines is 1. The zero-order valence-corrected chi connectivity index (χ0v) is 16.2. The minimum atomic E-state index is -3.77. The number of likely N-dealkylation sites (N-methyl/N-ethyl adjacent to an activating group) is 2. The first-order valence-corrected chi connectivity index (χ1v) is 9.02. The van der Waals surface area contributed by atoms with Gasteiger partial charge in [0.2, 0.25) is 21.8 Å². The molecule has 0 spiro atoms. The number of carbonyl (C=O) groups excluding carboxylic acids is 2. The van der Waals surface area contributed by atoms with Crippen LogP contribution in [0.2, 0.25) is 0 Å². The van der Waals surface area contributed by atoms with E-state index in [0.29, 0.717) is 18.8 Å². The molecule has 0 aliphatic heterocycles. The van der Waals surface area contributed by atoms with Gasteiger partial charge in [0.1, 0.15) is 0 Å². The average molecular weight is 393 g/mol. The second-order valence-electron chi connectivity index (χ2n) is 5.17. The summed E-state index contributed by atoms with van der Waals surface area (Å²) in [5, 5.41) is 8.26. The Bertz CT molecular complexity index is 665. The molecule has 2 amide bonds. The third-order valence-corrected chi connectivity index (χ3v) is 4.94. The third-order valence-electron chi connectivity index (χ3n) is 3.12. The summed E-state index contributed by atoms with van der Waals surface area (Å²) < 4.78 is 25.8. The highest BCUT2D eigenvalue weighted by atomic mass is 35.5. The van der Waals surface area contributed by atoms with E-state index in [0.717, 1.165) is 10.8 Å². The maximum atomic E-state index is 12.4. The number of halogens is 1. The second-order valence-corrected chi connectivity index (χ2v) is 7.22. The number of hydrogen-bond donors (Lipinski definition) is 3. The van der Waals surface area contributed by atoms with E-state index in [1.54, 1.807) is 0 Å². The molecule has 0 aromatic heterocycles. The van der Waals surface area contributed by atoms with Gasteiger partial charge in [0.25, 0.3) is 0 Å². The van der Waals surface area contributed by atoms with Gasteiger partial charge in [0, 0.05) is 32.7 Å². The van der Waals surface area contributed by atoms with Crippen LogP contribution in [0.1, 0.15) is 13.8 Å².